The molecule has 2 nitrogen and oxygen atoms in total. The summed E-state index contributed by atoms with van der Waals surface area (Å²) >= 11 is 0. The normalized spacial score (nSPS) is 18.7. The van der Waals surface area contributed by atoms with E-state index in [1.807, 2.05) is 12.1 Å². The van der Waals surface area contributed by atoms with Crippen LogP contribution in [0.25, 0.3) is 0 Å². The van der Waals surface area contributed by atoms with Crippen LogP contribution in [0.5, 0.6) is 0 Å². The van der Waals surface area contributed by atoms with Gasteiger partial charge in [-0.15, -0.1) is 0 Å². The number of rotatable bonds is 2. The third kappa shape index (κ3) is 2.73. The second-order valence-electron chi connectivity index (χ2n) is 4.69. The predicted octanol–water partition coefficient (Wildman–Crippen LogP) is 2.64. The van der Waals surface area contributed by atoms with Crippen molar-refractivity contribution in [3.05, 3.63) is 29.6 Å². The van der Waals surface area contributed by atoms with Crippen molar-refractivity contribution >= 4 is 5.69 Å². The molecule has 0 spiro atoms. The Morgan fingerprint density at radius 3 is 2.62 bits per heavy atom. The van der Waals surface area contributed by atoms with E-state index in [9.17, 15) is 4.39 Å². The van der Waals surface area contributed by atoms with E-state index in [1.54, 1.807) is 13.0 Å². The van der Waals surface area contributed by atoms with Gasteiger partial charge in [-0.3, -0.25) is 0 Å². The van der Waals surface area contributed by atoms with Gasteiger partial charge < -0.3 is 10.2 Å². The van der Waals surface area contributed by atoms with Crippen molar-refractivity contribution in [1.82, 2.24) is 4.90 Å². The minimum atomic E-state index is -0.127. The molecular formula is C13H19FN2. The molecule has 3 heteroatoms. The summed E-state index contributed by atoms with van der Waals surface area (Å²) in [5.74, 6) is -0.127. The van der Waals surface area contributed by atoms with Gasteiger partial charge in [0.05, 0.1) is 0 Å². The number of aryl methyl sites for hydroxylation is 1. The first-order chi connectivity index (χ1) is 7.65. The molecule has 0 aromatic heterocycles. The summed E-state index contributed by atoms with van der Waals surface area (Å²) in [6, 6.07) is 5.86. The molecule has 16 heavy (non-hydrogen) atoms. The van der Waals surface area contributed by atoms with Crippen LogP contribution in [0, 0.1) is 12.7 Å². The number of nitrogens with zero attached hydrogens (tertiary/aromatic N) is 1. The second-order valence-corrected chi connectivity index (χ2v) is 4.69. The maximum atomic E-state index is 13.3. The highest BCUT2D eigenvalue weighted by Crippen LogP contribution is 2.18. The molecule has 0 saturated carbocycles. The Hall–Kier alpha value is -1.09. The Kier molecular flexibility index (Phi) is 3.44. The Labute approximate surface area is 96.5 Å². The molecular weight excluding hydrogens is 203 g/mol. The van der Waals surface area contributed by atoms with E-state index in [0.29, 0.717) is 11.6 Å². The summed E-state index contributed by atoms with van der Waals surface area (Å²) in [4.78, 5) is 2.33. The third-order valence-corrected chi connectivity index (χ3v) is 3.26. The lowest BCUT2D eigenvalue weighted by molar-refractivity contribution is 0.264. The van der Waals surface area contributed by atoms with Crippen molar-refractivity contribution in [2.24, 2.45) is 0 Å². The minimum Gasteiger partial charge on any atom is -0.382 e. The molecule has 1 aliphatic heterocycles. The molecule has 2 rings (SSSR count). The van der Waals surface area contributed by atoms with E-state index < -0.39 is 0 Å². The van der Waals surface area contributed by atoms with E-state index in [4.69, 9.17) is 0 Å². The van der Waals surface area contributed by atoms with Crippen molar-refractivity contribution in [1.29, 1.82) is 0 Å². The van der Waals surface area contributed by atoms with Gasteiger partial charge in [0.15, 0.2) is 0 Å². The van der Waals surface area contributed by atoms with E-state index in [0.717, 1.165) is 31.6 Å². The van der Waals surface area contributed by atoms with Crippen molar-refractivity contribution in [2.45, 2.75) is 25.8 Å². The van der Waals surface area contributed by atoms with Crippen LogP contribution in [-0.4, -0.2) is 31.1 Å². The van der Waals surface area contributed by atoms with Crippen LogP contribution in [0.15, 0.2) is 18.2 Å². The topological polar surface area (TPSA) is 15.3 Å². The summed E-state index contributed by atoms with van der Waals surface area (Å²) in [6.45, 7) is 4.02. The summed E-state index contributed by atoms with van der Waals surface area (Å²) in [5, 5.41) is 3.40. The number of nitrogens with one attached hydrogen (secondary N) is 1. The van der Waals surface area contributed by atoms with Gasteiger partial charge in [-0.1, -0.05) is 6.07 Å². The first-order valence-electron chi connectivity index (χ1n) is 5.86. The molecule has 88 valence electrons. The quantitative estimate of drug-likeness (QED) is 0.827. The smallest absolute Gasteiger partial charge is 0.128 e. The van der Waals surface area contributed by atoms with Crippen LogP contribution in [0.3, 0.4) is 0 Å². The fourth-order valence-corrected chi connectivity index (χ4v) is 2.07. The van der Waals surface area contributed by atoms with Crippen LogP contribution in [0.1, 0.15) is 18.4 Å². The minimum absolute atomic E-state index is 0.127. The van der Waals surface area contributed by atoms with Gasteiger partial charge in [0.1, 0.15) is 5.82 Å². The van der Waals surface area contributed by atoms with E-state index in [1.165, 1.54) is 0 Å². The van der Waals surface area contributed by atoms with Gasteiger partial charge >= 0.3 is 0 Å². The largest absolute Gasteiger partial charge is 0.382 e. The molecule has 1 aromatic rings. The highest BCUT2D eigenvalue weighted by atomic mass is 19.1. The molecule has 1 N–H and O–H groups in total. The van der Waals surface area contributed by atoms with Crippen LogP contribution >= 0.6 is 0 Å². The Balaban J connectivity index is 1.96. The number of benzene rings is 1. The van der Waals surface area contributed by atoms with E-state index in [-0.39, 0.29) is 5.82 Å². The Bertz CT molecular complexity index is 357. The number of hydrogen-bond acceptors (Lipinski definition) is 2. The number of halogens is 1. The molecule has 1 aliphatic rings. The Morgan fingerprint density at radius 2 is 2.00 bits per heavy atom. The molecule has 0 atom stereocenters. The highest BCUT2D eigenvalue weighted by Gasteiger charge is 2.16. The number of likely N-dealkylation sites (tertiary alicyclic amines) is 1. The SMILES string of the molecule is Cc1ccc(NC2CCN(C)CC2)cc1F. The van der Waals surface area contributed by atoms with Crippen LogP contribution in [0.2, 0.25) is 0 Å². The van der Waals surface area contributed by atoms with Gasteiger partial charge in [-0.05, 0) is 57.6 Å². The van der Waals surface area contributed by atoms with Gasteiger partial charge in [0.2, 0.25) is 0 Å². The molecule has 1 saturated heterocycles. The zero-order chi connectivity index (χ0) is 11.5. The van der Waals surface area contributed by atoms with Crippen LogP contribution in [0.4, 0.5) is 10.1 Å². The molecule has 1 fully saturated rings. The lowest BCUT2D eigenvalue weighted by atomic mass is 10.0. The van der Waals surface area contributed by atoms with Gasteiger partial charge in [0.25, 0.3) is 0 Å². The molecule has 0 aliphatic carbocycles. The standard InChI is InChI=1S/C13H19FN2/c1-10-3-4-12(9-13(10)14)15-11-5-7-16(2)8-6-11/h3-4,9,11,15H,5-8H2,1-2H3. The van der Waals surface area contributed by atoms with Crippen molar-refractivity contribution in [3.8, 4) is 0 Å². The Morgan fingerprint density at radius 1 is 1.31 bits per heavy atom. The highest BCUT2D eigenvalue weighted by molar-refractivity contribution is 5.46. The first kappa shape index (κ1) is 11.4. The summed E-state index contributed by atoms with van der Waals surface area (Å²) < 4.78 is 13.3. The summed E-state index contributed by atoms with van der Waals surface area (Å²) in [6.07, 6.45) is 2.26. The zero-order valence-electron chi connectivity index (χ0n) is 9.96. The predicted molar refractivity (Wildman–Crippen MR) is 65.3 cm³/mol. The first-order valence-corrected chi connectivity index (χ1v) is 5.86. The van der Waals surface area contributed by atoms with Crippen molar-refractivity contribution < 1.29 is 4.39 Å². The maximum absolute atomic E-state index is 13.3. The lowest BCUT2D eigenvalue weighted by Gasteiger charge is -2.30. The van der Waals surface area contributed by atoms with Crippen LogP contribution in [-0.2, 0) is 0 Å². The fourth-order valence-electron chi connectivity index (χ4n) is 2.07. The second kappa shape index (κ2) is 4.83. The average Bonchev–Trinajstić information content (AvgIpc) is 2.27. The molecule has 0 amide bonds. The number of anilines is 1. The monoisotopic (exact) mass is 222 g/mol. The van der Waals surface area contributed by atoms with Gasteiger partial charge in [-0.25, -0.2) is 4.39 Å². The molecule has 1 heterocycles. The van der Waals surface area contributed by atoms with Gasteiger partial charge in [0, 0.05) is 11.7 Å². The zero-order valence-corrected chi connectivity index (χ0v) is 9.96. The maximum Gasteiger partial charge on any atom is 0.128 e. The fraction of sp³-hybridized carbons (Fsp3) is 0.538. The lowest BCUT2D eigenvalue weighted by Crippen LogP contribution is -2.36. The molecule has 0 bridgehead atoms. The van der Waals surface area contributed by atoms with Gasteiger partial charge in [-0.2, -0.15) is 0 Å². The third-order valence-electron chi connectivity index (χ3n) is 3.26. The van der Waals surface area contributed by atoms with Crippen molar-refractivity contribution in [3.63, 3.8) is 0 Å². The average molecular weight is 222 g/mol. The molecule has 0 radical (unpaired) electrons. The molecule has 1 aromatic carbocycles. The van der Waals surface area contributed by atoms with Crippen molar-refractivity contribution in [2.75, 3.05) is 25.5 Å². The van der Waals surface area contributed by atoms with E-state index >= 15 is 0 Å². The summed E-state index contributed by atoms with van der Waals surface area (Å²) in [7, 11) is 2.14. The number of piperidine rings is 1. The summed E-state index contributed by atoms with van der Waals surface area (Å²) in [5.41, 5.74) is 1.60. The van der Waals surface area contributed by atoms with E-state index in [2.05, 4.69) is 17.3 Å². The number of hydrogen-bond donors (Lipinski definition) is 1. The molecule has 0 unspecified atom stereocenters. The van der Waals surface area contributed by atoms with Crippen LogP contribution < -0.4 is 5.32 Å².